The third-order valence-corrected chi connectivity index (χ3v) is 3.45. The van der Waals surface area contributed by atoms with Crippen LogP contribution >= 0.6 is 0 Å². The number of hydrogen-bond acceptors (Lipinski definition) is 3. The molecule has 0 saturated carbocycles. The first kappa shape index (κ1) is 11.8. The smallest absolute Gasteiger partial charge is 0.255 e. The Morgan fingerprint density at radius 1 is 1.05 bits per heavy atom. The highest BCUT2D eigenvalue weighted by Crippen LogP contribution is 2.34. The number of hydrogen-bond donors (Lipinski definition) is 2. The maximum Gasteiger partial charge on any atom is 0.255 e. The molecule has 2 aromatic carbocycles. The summed E-state index contributed by atoms with van der Waals surface area (Å²) in [6.45, 7) is 0.219. The topological polar surface area (TPSA) is 63.4 Å². The number of carbonyl (C=O) groups excluding carboxylic acids is 1. The van der Waals surface area contributed by atoms with Gasteiger partial charge in [0.1, 0.15) is 0 Å². The number of anilines is 1. The van der Waals surface area contributed by atoms with E-state index in [1.165, 1.54) is 0 Å². The van der Waals surface area contributed by atoms with Crippen LogP contribution in [-0.4, -0.2) is 17.7 Å². The molecule has 1 aliphatic heterocycles. The van der Waals surface area contributed by atoms with E-state index >= 15 is 0 Å². The summed E-state index contributed by atoms with van der Waals surface area (Å²) in [7, 11) is 0. The molecule has 0 radical (unpaired) electrons. The molecule has 5 nitrogen and oxygen atoms in total. The predicted molar refractivity (Wildman–Crippen MR) is 78.8 cm³/mol. The molecule has 21 heavy (non-hydrogen) atoms. The summed E-state index contributed by atoms with van der Waals surface area (Å²) in [6, 6.07) is 12.8. The van der Waals surface area contributed by atoms with Crippen LogP contribution in [0.1, 0.15) is 10.4 Å². The first-order chi connectivity index (χ1) is 10.3. The number of nitrogens with one attached hydrogen (secondary N) is 2. The van der Waals surface area contributed by atoms with E-state index < -0.39 is 0 Å². The second kappa shape index (κ2) is 4.56. The molecule has 1 aromatic heterocycles. The van der Waals surface area contributed by atoms with Crippen molar-refractivity contribution >= 4 is 22.5 Å². The molecule has 0 fully saturated rings. The molecule has 5 heteroatoms. The summed E-state index contributed by atoms with van der Waals surface area (Å²) in [5, 5.41) is 3.87. The van der Waals surface area contributed by atoms with E-state index in [9.17, 15) is 4.79 Å². The summed E-state index contributed by atoms with van der Waals surface area (Å²) in [6.07, 6.45) is 1.85. The molecule has 2 N–H and O–H groups in total. The van der Waals surface area contributed by atoms with Gasteiger partial charge in [-0.3, -0.25) is 4.79 Å². The minimum atomic E-state index is -0.156. The molecule has 0 bridgehead atoms. The standard InChI is InChI=1S/C16H12N2O3/c19-16(11-1-3-13-10(7-11)5-6-17-13)18-12-2-4-14-15(8-12)21-9-20-14/h1-8,17H,9H2,(H,18,19). The van der Waals surface area contributed by atoms with Gasteiger partial charge in [0, 0.05) is 34.4 Å². The van der Waals surface area contributed by atoms with Gasteiger partial charge in [-0.15, -0.1) is 0 Å². The fourth-order valence-corrected chi connectivity index (χ4v) is 2.37. The molecule has 2 heterocycles. The van der Waals surface area contributed by atoms with Gasteiger partial charge in [-0.25, -0.2) is 0 Å². The van der Waals surface area contributed by atoms with Crippen molar-refractivity contribution in [2.45, 2.75) is 0 Å². The number of benzene rings is 2. The summed E-state index contributed by atoms with van der Waals surface area (Å²) in [5.74, 6) is 1.19. The molecule has 1 amide bonds. The highest BCUT2D eigenvalue weighted by atomic mass is 16.7. The van der Waals surface area contributed by atoms with Gasteiger partial charge in [-0.05, 0) is 36.4 Å². The van der Waals surface area contributed by atoms with Crippen LogP contribution in [0.15, 0.2) is 48.7 Å². The number of aromatic amines is 1. The van der Waals surface area contributed by atoms with Crippen molar-refractivity contribution in [1.82, 2.24) is 4.98 Å². The Morgan fingerprint density at radius 2 is 1.95 bits per heavy atom. The van der Waals surface area contributed by atoms with Crippen molar-refractivity contribution in [2.24, 2.45) is 0 Å². The van der Waals surface area contributed by atoms with E-state index in [1.54, 1.807) is 24.3 Å². The molecular formula is C16H12N2O3. The molecule has 0 aliphatic carbocycles. The second-order valence-electron chi connectivity index (χ2n) is 4.80. The van der Waals surface area contributed by atoms with E-state index in [0.717, 1.165) is 10.9 Å². The largest absolute Gasteiger partial charge is 0.454 e. The van der Waals surface area contributed by atoms with Crippen LogP contribution < -0.4 is 14.8 Å². The minimum absolute atomic E-state index is 0.156. The minimum Gasteiger partial charge on any atom is -0.454 e. The third kappa shape index (κ3) is 2.08. The van der Waals surface area contributed by atoms with Crippen LogP contribution in [0, 0.1) is 0 Å². The Labute approximate surface area is 120 Å². The fourth-order valence-electron chi connectivity index (χ4n) is 2.37. The quantitative estimate of drug-likeness (QED) is 0.758. The molecule has 3 aromatic rings. The zero-order valence-electron chi connectivity index (χ0n) is 11.1. The second-order valence-corrected chi connectivity index (χ2v) is 4.80. The molecule has 104 valence electrons. The average Bonchev–Trinajstić information content (AvgIpc) is 3.14. The Morgan fingerprint density at radius 3 is 2.90 bits per heavy atom. The summed E-state index contributed by atoms with van der Waals surface area (Å²) < 4.78 is 10.5. The summed E-state index contributed by atoms with van der Waals surface area (Å²) >= 11 is 0. The maximum absolute atomic E-state index is 12.3. The maximum atomic E-state index is 12.3. The lowest BCUT2D eigenvalue weighted by molar-refractivity contribution is 0.102. The third-order valence-electron chi connectivity index (χ3n) is 3.45. The SMILES string of the molecule is O=C(Nc1ccc2c(c1)OCO2)c1ccc2[nH]ccc2c1. The lowest BCUT2D eigenvalue weighted by Gasteiger charge is -2.06. The van der Waals surface area contributed by atoms with E-state index in [-0.39, 0.29) is 12.7 Å². The monoisotopic (exact) mass is 280 g/mol. The molecule has 0 spiro atoms. The molecule has 0 saturated heterocycles. The summed E-state index contributed by atoms with van der Waals surface area (Å²) in [4.78, 5) is 15.4. The average molecular weight is 280 g/mol. The van der Waals surface area contributed by atoms with Crippen molar-refractivity contribution < 1.29 is 14.3 Å². The first-order valence-corrected chi connectivity index (χ1v) is 6.58. The van der Waals surface area contributed by atoms with Gasteiger partial charge in [0.25, 0.3) is 5.91 Å². The Kier molecular flexibility index (Phi) is 2.57. The number of H-pyrrole nitrogens is 1. The van der Waals surface area contributed by atoms with Gasteiger partial charge in [0.2, 0.25) is 6.79 Å². The number of aromatic nitrogens is 1. The van der Waals surface area contributed by atoms with Gasteiger partial charge >= 0.3 is 0 Å². The lowest BCUT2D eigenvalue weighted by atomic mass is 10.1. The number of rotatable bonds is 2. The van der Waals surface area contributed by atoms with E-state index in [4.69, 9.17) is 9.47 Å². The Balaban J connectivity index is 1.60. The number of amides is 1. The summed E-state index contributed by atoms with van der Waals surface area (Å²) in [5.41, 5.74) is 2.30. The van der Waals surface area contributed by atoms with Gasteiger partial charge in [-0.2, -0.15) is 0 Å². The molecule has 4 rings (SSSR count). The van der Waals surface area contributed by atoms with Crippen molar-refractivity contribution in [2.75, 3.05) is 12.1 Å². The normalized spacial score (nSPS) is 12.6. The van der Waals surface area contributed by atoms with Crippen molar-refractivity contribution in [1.29, 1.82) is 0 Å². The molecule has 0 unspecified atom stereocenters. The highest BCUT2D eigenvalue weighted by Gasteiger charge is 2.14. The van der Waals surface area contributed by atoms with Crippen LogP contribution in [0.25, 0.3) is 10.9 Å². The van der Waals surface area contributed by atoms with E-state index in [1.807, 2.05) is 24.4 Å². The van der Waals surface area contributed by atoms with Crippen LogP contribution in [0.3, 0.4) is 0 Å². The van der Waals surface area contributed by atoms with E-state index in [2.05, 4.69) is 10.3 Å². The molecule has 0 atom stereocenters. The zero-order valence-corrected chi connectivity index (χ0v) is 11.1. The highest BCUT2D eigenvalue weighted by molar-refractivity contribution is 6.06. The number of fused-ring (bicyclic) bond motifs is 2. The fraction of sp³-hybridized carbons (Fsp3) is 0.0625. The van der Waals surface area contributed by atoms with Crippen LogP contribution in [0.4, 0.5) is 5.69 Å². The van der Waals surface area contributed by atoms with Gasteiger partial charge in [0.15, 0.2) is 11.5 Å². The Bertz CT molecular complexity index is 838. The van der Waals surface area contributed by atoms with Gasteiger partial charge in [-0.1, -0.05) is 0 Å². The van der Waals surface area contributed by atoms with Crippen molar-refractivity contribution in [3.8, 4) is 11.5 Å². The van der Waals surface area contributed by atoms with Crippen LogP contribution in [0.5, 0.6) is 11.5 Å². The molecule has 1 aliphatic rings. The lowest BCUT2D eigenvalue weighted by Crippen LogP contribution is -2.11. The molecular weight excluding hydrogens is 268 g/mol. The van der Waals surface area contributed by atoms with Gasteiger partial charge < -0.3 is 19.8 Å². The van der Waals surface area contributed by atoms with Crippen LogP contribution in [-0.2, 0) is 0 Å². The number of ether oxygens (including phenoxy) is 2. The Hall–Kier alpha value is -2.95. The van der Waals surface area contributed by atoms with E-state index in [0.29, 0.717) is 22.7 Å². The first-order valence-electron chi connectivity index (χ1n) is 6.58. The van der Waals surface area contributed by atoms with Crippen molar-refractivity contribution in [3.05, 3.63) is 54.2 Å². The number of carbonyl (C=O) groups is 1. The predicted octanol–water partition coefficient (Wildman–Crippen LogP) is 3.15. The van der Waals surface area contributed by atoms with Crippen molar-refractivity contribution in [3.63, 3.8) is 0 Å². The van der Waals surface area contributed by atoms with Crippen LogP contribution in [0.2, 0.25) is 0 Å². The van der Waals surface area contributed by atoms with Gasteiger partial charge in [0.05, 0.1) is 0 Å². The zero-order chi connectivity index (χ0) is 14.2.